The first-order chi connectivity index (χ1) is 16.6. The molecule has 2 aromatic heterocycles. The van der Waals surface area contributed by atoms with Gasteiger partial charge in [-0.1, -0.05) is 18.2 Å². The summed E-state index contributed by atoms with van der Waals surface area (Å²) in [6.07, 6.45) is 3.87. The molecule has 34 heavy (non-hydrogen) atoms. The van der Waals surface area contributed by atoms with Gasteiger partial charge in [0.15, 0.2) is 17.2 Å². The van der Waals surface area contributed by atoms with Gasteiger partial charge in [-0.25, -0.2) is 14.4 Å². The van der Waals surface area contributed by atoms with Gasteiger partial charge in [-0.2, -0.15) is 5.10 Å². The van der Waals surface area contributed by atoms with E-state index in [4.69, 9.17) is 15.6 Å². The van der Waals surface area contributed by atoms with Gasteiger partial charge in [-0.3, -0.25) is 9.89 Å². The molecular formula is C24H25FN6O3. The van der Waals surface area contributed by atoms with Gasteiger partial charge < -0.3 is 20.5 Å². The number of hydrogen-bond acceptors (Lipinski definition) is 7. The molecule has 1 fully saturated rings. The molecule has 1 aliphatic rings. The highest BCUT2D eigenvalue weighted by molar-refractivity contribution is 5.97. The van der Waals surface area contributed by atoms with E-state index >= 15 is 0 Å². The van der Waals surface area contributed by atoms with Crippen molar-refractivity contribution in [1.29, 1.82) is 0 Å². The Labute approximate surface area is 195 Å². The summed E-state index contributed by atoms with van der Waals surface area (Å²) in [5.74, 6) is 0.593. The van der Waals surface area contributed by atoms with Crippen molar-refractivity contribution in [3.05, 3.63) is 60.7 Å². The summed E-state index contributed by atoms with van der Waals surface area (Å²) in [7, 11) is 0. The number of amides is 1. The van der Waals surface area contributed by atoms with Gasteiger partial charge in [0, 0.05) is 25.1 Å². The molecule has 0 unspecified atom stereocenters. The summed E-state index contributed by atoms with van der Waals surface area (Å²) in [6, 6.07) is 13.7. The lowest BCUT2D eigenvalue weighted by Crippen LogP contribution is -2.27. The molecule has 0 atom stereocenters. The van der Waals surface area contributed by atoms with E-state index in [1.54, 1.807) is 24.3 Å². The number of carbonyl (C=O) groups is 1. The highest BCUT2D eigenvalue weighted by Gasteiger charge is 2.16. The summed E-state index contributed by atoms with van der Waals surface area (Å²) < 4.78 is 19.9. The van der Waals surface area contributed by atoms with Gasteiger partial charge in [0.25, 0.3) is 0 Å². The molecule has 3 heterocycles. The summed E-state index contributed by atoms with van der Waals surface area (Å²) in [5, 5.41) is 15.9. The van der Waals surface area contributed by atoms with Crippen molar-refractivity contribution < 1.29 is 19.0 Å². The van der Waals surface area contributed by atoms with Crippen molar-refractivity contribution in [2.24, 2.45) is 0 Å². The number of para-hydroxylation sites is 1. The minimum Gasteiger partial charge on any atom is -0.454 e. The number of anilines is 1. The third kappa shape index (κ3) is 5.29. The second kappa shape index (κ2) is 10.7. The van der Waals surface area contributed by atoms with Crippen molar-refractivity contribution in [2.45, 2.75) is 19.3 Å². The fraction of sp³-hybridized carbons (Fsp3) is 0.250. The number of ether oxygens (including phenoxy) is 1. The normalized spacial score (nSPS) is 12.9. The Morgan fingerprint density at radius 2 is 1.91 bits per heavy atom. The van der Waals surface area contributed by atoms with Gasteiger partial charge in [0.2, 0.25) is 5.91 Å². The minimum atomic E-state index is -0.491. The molecule has 1 amide bonds. The summed E-state index contributed by atoms with van der Waals surface area (Å²) in [5.41, 5.74) is 7.46. The molecule has 0 aliphatic carbocycles. The molecule has 4 aromatic rings. The molecule has 0 bridgehead atoms. The Kier molecular flexibility index (Phi) is 7.28. The van der Waals surface area contributed by atoms with Crippen LogP contribution in [0.25, 0.3) is 22.3 Å². The zero-order chi connectivity index (χ0) is 23.9. The molecule has 4 N–H and O–H groups in total. The van der Waals surface area contributed by atoms with E-state index in [9.17, 15) is 9.18 Å². The first-order valence-electron chi connectivity index (χ1n) is 10.9. The molecule has 5 rings (SSSR count). The van der Waals surface area contributed by atoms with Gasteiger partial charge in [-0.15, -0.1) is 0 Å². The van der Waals surface area contributed by atoms with E-state index in [2.05, 4.69) is 20.2 Å². The Morgan fingerprint density at radius 1 is 1.15 bits per heavy atom. The third-order valence-corrected chi connectivity index (χ3v) is 5.36. The van der Waals surface area contributed by atoms with Crippen LogP contribution in [-0.2, 0) is 4.79 Å². The monoisotopic (exact) mass is 464 g/mol. The molecule has 9 nitrogen and oxygen atoms in total. The van der Waals surface area contributed by atoms with Gasteiger partial charge >= 0.3 is 0 Å². The number of likely N-dealkylation sites (tertiary alicyclic amines) is 1. The lowest BCUT2D eigenvalue weighted by molar-refractivity contribution is -0.130. The van der Waals surface area contributed by atoms with Gasteiger partial charge in [0.1, 0.15) is 17.9 Å². The van der Waals surface area contributed by atoms with Crippen LogP contribution < -0.4 is 10.5 Å². The average Bonchev–Trinajstić information content (AvgIpc) is 3.53. The number of H-pyrrole nitrogens is 1. The SMILES string of the molecule is Nc1ncnc2n[nH]c(-c3ccc(Oc4ccccc4)c(F)c3)c12.O=C(CCO)N1CCCC1. The number of rotatable bonds is 5. The smallest absolute Gasteiger partial charge is 0.224 e. The number of aliphatic hydroxyl groups excluding tert-OH is 1. The van der Waals surface area contributed by atoms with E-state index in [0.29, 0.717) is 34.5 Å². The topological polar surface area (TPSA) is 130 Å². The van der Waals surface area contributed by atoms with Crippen LogP contribution in [0.15, 0.2) is 54.9 Å². The van der Waals surface area contributed by atoms with Crippen molar-refractivity contribution >= 4 is 22.8 Å². The second-order valence-electron chi connectivity index (χ2n) is 7.68. The van der Waals surface area contributed by atoms with E-state index in [1.807, 2.05) is 23.1 Å². The second-order valence-corrected chi connectivity index (χ2v) is 7.68. The first kappa shape index (κ1) is 23.1. The maximum Gasteiger partial charge on any atom is 0.224 e. The van der Waals surface area contributed by atoms with Crippen LogP contribution in [0.1, 0.15) is 19.3 Å². The molecular weight excluding hydrogens is 439 g/mol. The van der Waals surface area contributed by atoms with Crippen molar-refractivity contribution in [3.63, 3.8) is 0 Å². The van der Waals surface area contributed by atoms with Crippen LogP contribution >= 0.6 is 0 Å². The summed E-state index contributed by atoms with van der Waals surface area (Å²) >= 11 is 0. The molecule has 1 saturated heterocycles. The number of nitrogens with zero attached hydrogens (tertiary/aromatic N) is 4. The highest BCUT2D eigenvalue weighted by atomic mass is 19.1. The van der Waals surface area contributed by atoms with Crippen LogP contribution in [0.4, 0.5) is 10.2 Å². The van der Waals surface area contributed by atoms with E-state index in [0.717, 1.165) is 25.9 Å². The molecule has 0 radical (unpaired) electrons. The van der Waals surface area contributed by atoms with Gasteiger partial charge in [-0.05, 0) is 43.2 Å². The van der Waals surface area contributed by atoms with Gasteiger partial charge in [0.05, 0.1) is 17.7 Å². The quantitative estimate of drug-likeness (QED) is 0.412. The Balaban J connectivity index is 0.000000231. The van der Waals surface area contributed by atoms with Crippen LogP contribution in [-0.4, -0.2) is 55.8 Å². The number of benzene rings is 2. The fourth-order valence-corrected chi connectivity index (χ4v) is 3.66. The minimum absolute atomic E-state index is 0.0185. The number of nitrogen functional groups attached to an aromatic ring is 1. The lowest BCUT2D eigenvalue weighted by Gasteiger charge is -2.13. The number of aromatic amines is 1. The van der Waals surface area contributed by atoms with Crippen LogP contribution in [0.5, 0.6) is 11.5 Å². The average molecular weight is 465 g/mol. The molecule has 0 saturated carbocycles. The Bertz CT molecular complexity index is 1260. The highest BCUT2D eigenvalue weighted by Crippen LogP contribution is 2.32. The van der Waals surface area contributed by atoms with E-state index in [1.165, 1.54) is 12.4 Å². The third-order valence-electron chi connectivity index (χ3n) is 5.36. The largest absolute Gasteiger partial charge is 0.454 e. The van der Waals surface area contributed by atoms with Crippen LogP contribution in [0, 0.1) is 5.82 Å². The van der Waals surface area contributed by atoms with Crippen molar-refractivity contribution in [2.75, 3.05) is 25.4 Å². The zero-order valence-corrected chi connectivity index (χ0v) is 18.4. The number of hydrogen-bond donors (Lipinski definition) is 3. The standard InChI is InChI=1S/C17H12FN5O.C7H13NO2/c18-12-8-10(6-7-13(12)24-11-4-2-1-3-5-11)15-14-16(19)20-9-21-17(14)23-22-15;9-6-3-7(10)8-4-1-2-5-8/h1-9H,(H3,19,20,21,22,23);9H,1-6H2. The Hall–Kier alpha value is -4.05. The Morgan fingerprint density at radius 3 is 2.62 bits per heavy atom. The predicted molar refractivity (Wildman–Crippen MR) is 126 cm³/mol. The fourth-order valence-electron chi connectivity index (χ4n) is 3.66. The number of carbonyl (C=O) groups excluding carboxylic acids is 1. The maximum absolute atomic E-state index is 14.4. The van der Waals surface area contributed by atoms with E-state index in [-0.39, 0.29) is 24.1 Å². The number of nitrogens with two attached hydrogens (primary N) is 1. The number of fused-ring (bicyclic) bond motifs is 1. The summed E-state index contributed by atoms with van der Waals surface area (Å²) in [6.45, 7) is 1.76. The lowest BCUT2D eigenvalue weighted by atomic mass is 10.1. The zero-order valence-electron chi connectivity index (χ0n) is 18.4. The number of aromatic nitrogens is 4. The number of halogens is 1. The summed E-state index contributed by atoms with van der Waals surface area (Å²) in [4.78, 5) is 20.8. The van der Waals surface area contributed by atoms with Crippen LogP contribution in [0.2, 0.25) is 0 Å². The molecule has 1 aliphatic heterocycles. The van der Waals surface area contributed by atoms with Crippen LogP contribution in [0.3, 0.4) is 0 Å². The number of aliphatic hydroxyl groups is 1. The van der Waals surface area contributed by atoms with Crippen molar-refractivity contribution in [1.82, 2.24) is 25.1 Å². The van der Waals surface area contributed by atoms with Crippen molar-refractivity contribution in [3.8, 4) is 22.8 Å². The molecule has 0 spiro atoms. The molecule has 176 valence electrons. The molecule has 10 heteroatoms. The van der Waals surface area contributed by atoms with E-state index < -0.39 is 5.82 Å². The first-order valence-corrected chi connectivity index (χ1v) is 10.9. The molecule has 2 aromatic carbocycles. The predicted octanol–water partition coefficient (Wildman–Crippen LogP) is 3.52. The number of nitrogens with one attached hydrogen (secondary N) is 1. The maximum atomic E-state index is 14.4.